The molecule has 0 saturated carbocycles. The first-order chi connectivity index (χ1) is 4.89. The van der Waals surface area contributed by atoms with Gasteiger partial charge in [-0.25, -0.2) is 18.4 Å². The van der Waals surface area contributed by atoms with E-state index in [1.54, 1.807) is 6.92 Å². The van der Waals surface area contributed by atoms with Crippen LogP contribution in [-0.4, -0.2) is 21.0 Å². The molecule has 0 spiro atoms. The zero-order valence-electron chi connectivity index (χ0n) is 6.03. The summed E-state index contributed by atoms with van der Waals surface area (Å²) in [5.41, 5.74) is 0. The van der Waals surface area contributed by atoms with Gasteiger partial charge in [0.15, 0.2) is 4.91 Å². The number of ether oxygens (including phenoxy) is 1. The number of carbonyl (C=O) groups excluding carboxylic acids is 1. The summed E-state index contributed by atoms with van der Waals surface area (Å²) in [6, 6.07) is 0. The Labute approximate surface area is 64.9 Å². The van der Waals surface area contributed by atoms with E-state index in [4.69, 9.17) is 0 Å². The molecule has 11 heavy (non-hydrogen) atoms. The second-order valence-electron chi connectivity index (χ2n) is 1.69. The van der Waals surface area contributed by atoms with Crippen LogP contribution in [0.5, 0.6) is 0 Å². The van der Waals surface area contributed by atoms with E-state index in [9.17, 15) is 13.2 Å². The Morgan fingerprint density at radius 1 is 1.64 bits per heavy atom. The van der Waals surface area contributed by atoms with Crippen LogP contribution in [0, 0.1) is 0 Å². The number of hydrogen-bond donors (Lipinski definition) is 1. The third-order valence-electron chi connectivity index (χ3n) is 0.847. The van der Waals surface area contributed by atoms with Gasteiger partial charge in [0.25, 0.3) is 0 Å². The highest BCUT2D eigenvalue weighted by Gasteiger charge is 2.18. The lowest BCUT2D eigenvalue weighted by molar-refractivity contribution is -0.137. The first kappa shape index (κ1) is 10.1. The maximum absolute atomic E-state index is 10.6. The van der Waals surface area contributed by atoms with E-state index in [0.29, 0.717) is 0 Å². The molecule has 0 aromatic carbocycles. The van der Waals surface area contributed by atoms with Gasteiger partial charge in [0.2, 0.25) is 10.0 Å². The summed E-state index contributed by atoms with van der Waals surface area (Å²) in [6.07, 6.45) is 0. The Morgan fingerprint density at radius 3 is 2.36 bits per heavy atom. The first-order valence-electron chi connectivity index (χ1n) is 2.78. The van der Waals surface area contributed by atoms with Gasteiger partial charge in [-0.2, -0.15) is 0 Å². The Bertz CT molecular complexity index is 266. The van der Waals surface area contributed by atoms with E-state index < -0.39 is 20.9 Å². The van der Waals surface area contributed by atoms with Crippen molar-refractivity contribution in [3.8, 4) is 0 Å². The topological polar surface area (TPSA) is 86.5 Å². The molecule has 0 aliphatic carbocycles. The highest BCUT2D eigenvalue weighted by atomic mass is 32.2. The molecule has 0 amide bonds. The SMILES string of the molecule is C=C(C(=O)OCC)S(N)(=O)=O. The van der Waals surface area contributed by atoms with Gasteiger partial charge in [-0.05, 0) is 6.92 Å². The Kier molecular flexibility index (Phi) is 3.21. The molecule has 0 saturated heterocycles. The number of primary sulfonamides is 1. The third-order valence-corrected chi connectivity index (χ3v) is 1.70. The number of carbonyl (C=O) groups is 1. The highest BCUT2D eigenvalue weighted by Crippen LogP contribution is 1.99. The molecule has 0 atom stereocenters. The van der Waals surface area contributed by atoms with E-state index in [1.807, 2.05) is 0 Å². The smallest absolute Gasteiger partial charge is 0.350 e. The summed E-state index contributed by atoms with van der Waals surface area (Å²) in [7, 11) is -3.99. The lowest BCUT2D eigenvalue weighted by atomic mass is 10.6. The van der Waals surface area contributed by atoms with Crippen LogP contribution in [0.1, 0.15) is 6.92 Å². The monoisotopic (exact) mass is 179 g/mol. The number of rotatable bonds is 3. The molecule has 0 unspecified atom stereocenters. The minimum absolute atomic E-state index is 0.0906. The Hall–Kier alpha value is -0.880. The average molecular weight is 179 g/mol. The Morgan fingerprint density at radius 2 is 2.09 bits per heavy atom. The standard InChI is InChI=1S/C5H9NO4S/c1-3-10-5(7)4(2)11(6,8)9/h2-3H2,1H3,(H2,6,8,9). The van der Waals surface area contributed by atoms with E-state index in [1.165, 1.54) is 0 Å². The van der Waals surface area contributed by atoms with Crippen LogP contribution < -0.4 is 5.14 Å². The van der Waals surface area contributed by atoms with Crippen molar-refractivity contribution in [3.63, 3.8) is 0 Å². The van der Waals surface area contributed by atoms with Crippen molar-refractivity contribution in [3.05, 3.63) is 11.5 Å². The summed E-state index contributed by atoms with van der Waals surface area (Å²) in [4.78, 5) is 9.89. The van der Waals surface area contributed by atoms with Crippen LogP contribution in [0.25, 0.3) is 0 Å². The normalized spacial score (nSPS) is 10.7. The van der Waals surface area contributed by atoms with Gasteiger partial charge in [0, 0.05) is 0 Å². The van der Waals surface area contributed by atoms with Gasteiger partial charge < -0.3 is 4.74 Å². The van der Waals surface area contributed by atoms with Crippen LogP contribution >= 0.6 is 0 Å². The van der Waals surface area contributed by atoms with Crippen molar-refractivity contribution in [1.29, 1.82) is 0 Å². The number of hydrogen-bond acceptors (Lipinski definition) is 4. The fraction of sp³-hybridized carbons (Fsp3) is 0.400. The van der Waals surface area contributed by atoms with Gasteiger partial charge in [-0.1, -0.05) is 6.58 Å². The molecule has 0 rings (SSSR count). The van der Waals surface area contributed by atoms with E-state index in [2.05, 4.69) is 16.5 Å². The van der Waals surface area contributed by atoms with Gasteiger partial charge in [-0.15, -0.1) is 0 Å². The highest BCUT2D eigenvalue weighted by molar-refractivity contribution is 7.94. The van der Waals surface area contributed by atoms with Gasteiger partial charge in [0.1, 0.15) is 0 Å². The predicted octanol–water partition coefficient (Wildman–Crippen LogP) is -0.648. The van der Waals surface area contributed by atoms with Crippen LogP contribution in [0.4, 0.5) is 0 Å². The average Bonchev–Trinajstić information content (AvgIpc) is 1.85. The van der Waals surface area contributed by atoms with Crippen molar-refractivity contribution in [1.82, 2.24) is 0 Å². The minimum Gasteiger partial charge on any atom is -0.462 e. The summed E-state index contributed by atoms with van der Waals surface area (Å²) < 4.78 is 25.2. The molecule has 0 aromatic rings. The number of nitrogens with two attached hydrogens (primary N) is 1. The molecule has 0 bridgehead atoms. The van der Waals surface area contributed by atoms with Crippen LogP contribution in [0.15, 0.2) is 11.5 Å². The fourth-order valence-corrected chi connectivity index (χ4v) is 0.619. The third kappa shape index (κ3) is 3.15. The van der Waals surface area contributed by atoms with Crippen LogP contribution in [0.3, 0.4) is 0 Å². The molecule has 0 heterocycles. The molecule has 0 radical (unpaired) electrons. The molecule has 6 heteroatoms. The van der Waals surface area contributed by atoms with Gasteiger partial charge >= 0.3 is 5.97 Å². The first-order valence-corrected chi connectivity index (χ1v) is 4.33. The molecule has 0 fully saturated rings. The molecule has 5 nitrogen and oxygen atoms in total. The maximum Gasteiger partial charge on any atom is 0.350 e. The largest absolute Gasteiger partial charge is 0.462 e. The minimum atomic E-state index is -3.99. The molecule has 2 N–H and O–H groups in total. The number of sulfonamides is 1. The van der Waals surface area contributed by atoms with E-state index >= 15 is 0 Å². The second kappa shape index (κ2) is 3.49. The predicted molar refractivity (Wildman–Crippen MR) is 38.9 cm³/mol. The van der Waals surface area contributed by atoms with Crippen molar-refractivity contribution < 1.29 is 17.9 Å². The fourth-order valence-electron chi connectivity index (χ4n) is 0.328. The van der Waals surface area contributed by atoms with E-state index in [-0.39, 0.29) is 6.61 Å². The van der Waals surface area contributed by atoms with Gasteiger partial charge in [0.05, 0.1) is 6.61 Å². The maximum atomic E-state index is 10.6. The second-order valence-corrected chi connectivity index (χ2v) is 3.27. The molecule has 0 aromatic heterocycles. The molecule has 0 aliphatic heterocycles. The van der Waals surface area contributed by atoms with Crippen LogP contribution in [-0.2, 0) is 19.6 Å². The van der Waals surface area contributed by atoms with Crippen LogP contribution in [0.2, 0.25) is 0 Å². The quantitative estimate of drug-likeness (QED) is 0.460. The summed E-state index contributed by atoms with van der Waals surface area (Å²) in [5, 5.41) is 4.58. The van der Waals surface area contributed by atoms with Gasteiger partial charge in [-0.3, -0.25) is 0 Å². The Balaban J connectivity index is 4.41. The zero-order valence-corrected chi connectivity index (χ0v) is 6.85. The number of esters is 1. The van der Waals surface area contributed by atoms with Crippen molar-refractivity contribution in [2.75, 3.05) is 6.61 Å². The molecule has 64 valence electrons. The summed E-state index contributed by atoms with van der Waals surface area (Å²) in [5.74, 6) is -1.00. The lowest BCUT2D eigenvalue weighted by Crippen LogP contribution is -2.21. The van der Waals surface area contributed by atoms with Crippen molar-refractivity contribution in [2.24, 2.45) is 5.14 Å². The van der Waals surface area contributed by atoms with E-state index in [0.717, 1.165) is 0 Å². The molecule has 0 aliphatic rings. The van der Waals surface area contributed by atoms with Crippen molar-refractivity contribution >= 4 is 16.0 Å². The summed E-state index contributed by atoms with van der Waals surface area (Å²) in [6.45, 7) is 4.60. The summed E-state index contributed by atoms with van der Waals surface area (Å²) >= 11 is 0. The zero-order chi connectivity index (χ0) is 9.07. The molecular weight excluding hydrogens is 170 g/mol. The van der Waals surface area contributed by atoms with Crippen molar-refractivity contribution in [2.45, 2.75) is 6.92 Å². The lowest BCUT2D eigenvalue weighted by Gasteiger charge is -2.00. The molecular formula is C5H9NO4S.